The van der Waals surface area contributed by atoms with E-state index in [0.717, 1.165) is 22.3 Å². The van der Waals surface area contributed by atoms with Crippen molar-refractivity contribution in [3.63, 3.8) is 0 Å². The maximum Gasteiger partial charge on any atom is 0.411 e. The predicted molar refractivity (Wildman–Crippen MR) is 113 cm³/mol. The lowest BCUT2D eigenvalue weighted by atomic mass is 9.98. The van der Waals surface area contributed by atoms with E-state index in [1.165, 1.54) is 12.1 Å². The summed E-state index contributed by atoms with van der Waals surface area (Å²) in [6, 6.07) is 18.8. The Kier molecular flexibility index (Phi) is 4.71. The van der Waals surface area contributed by atoms with Gasteiger partial charge in [-0.05, 0) is 34.4 Å². The third kappa shape index (κ3) is 3.44. The molecule has 1 heterocycles. The van der Waals surface area contributed by atoms with Crippen LogP contribution < -0.4 is 14.8 Å². The van der Waals surface area contributed by atoms with Gasteiger partial charge in [-0.15, -0.1) is 0 Å². The molecule has 3 aromatic carbocycles. The lowest BCUT2D eigenvalue weighted by Gasteiger charge is -2.22. The highest BCUT2D eigenvalue weighted by atomic mass is 16.6. The lowest BCUT2D eigenvalue weighted by molar-refractivity contribution is 0.0695. The summed E-state index contributed by atoms with van der Waals surface area (Å²) in [4.78, 5) is 24.0. The van der Waals surface area contributed by atoms with Crippen LogP contribution >= 0.6 is 0 Å². The molecule has 0 atom stereocenters. The third-order valence-corrected chi connectivity index (χ3v) is 5.47. The van der Waals surface area contributed by atoms with E-state index < -0.39 is 12.1 Å². The lowest BCUT2D eigenvalue weighted by Crippen LogP contribution is -2.21. The Hall–Kier alpha value is -4.00. The molecule has 7 heteroatoms. The molecule has 7 nitrogen and oxygen atoms in total. The summed E-state index contributed by atoms with van der Waals surface area (Å²) in [6.45, 7) is 0.761. The van der Waals surface area contributed by atoms with Crippen LogP contribution in [0.2, 0.25) is 0 Å². The zero-order chi connectivity index (χ0) is 21.4. The smallest absolute Gasteiger partial charge is 0.411 e. The van der Waals surface area contributed by atoms with Crippen LogP contribution in [0.1, 0.15) is 27.4 Å². The van der Waals surface area contributed by atoms with Crippen LogP contribution in [0.15, 0.2) is 60.7 Å². The highest BCUT2D eigenvalue weighted by molar-refractivity contribution is 5.94. The first kappa shape index (κ1) is 19.0. The first-order valence-corrected chi connectivity index (χ1v) is 9.91. The fraction of sp³-hybridized carbons (Fsp3) is 0.167. The molecule has 1 amide bonds. The molecule has 0 saturated carbocycles. The average Bonchev–Trinajstić information content (AvgIpc) is 3.11. The number of fused-ring (bicyclic) bond motifs is 4. The van der Waals surface area contributed by atoms with Crippen LogP contribution in [0.5, 0.6) is 11.5 Å². The van der Waals surface area contributed by atoms with E-state index in [1.54, 1.807) is 0 Å². The molecule has 1 aliphatic carbocycles. The molecule has 3 aromatic rings. The predicted octanol–water partition coefficient (Wildman–Crippen LogP) is 4.52. The van der Waals surface area contributed by atoms with Gasteiger partial charge in [-0.2, -0.15) is 0 Å². The summed E-state index contributed by atoms with van der Waals surface area (Å²) in [5, 5.41) is 11.9. The number of carbonyl (C=O) groups excluding carboxylic acids is 1. The molecule has 0 saturated heterocycles. The van der Waals surface area contributed by atoms with Crippen molar-refractivity contribution in [3.05, 3.63) is 77.4 Å². The van der Waals surface area contributed by atoms with E-state index in [-0.39, 0.29) is 29.5 Å². The van der Waals surface area contributed by atoms with Gasteiger partial charge in [-0.25, -0.2) is 9.59 Å². The van der Waals surface area contributed by atoms with E-state index in [0.29, 0.717) is 19.0 Å². The number of rotatable bonds is 4. The molecule has 156 valence electrons. The van der Waals surface area contributed by atoms with Gasteiger partial charge in [0.2, 0.25) is 0 Å². The van der Waals surface area contributed by atoms with Gasteiger partial charge in [0.25, 0.3) is 0 Å². The number of carbonyl (C=O) groups is 2. The molecule has 0 fully saturated rings. The molecule has 0 unspecified atom stereocenters. The minimum atomic E-state index is -1.13. The fourth-order valence-electron chi connectivity index (χ4n) is 4.11. The number of nitrogens with one attached hydrogen (secondary N) is 1. The Balaban J connectivity index is 1.36. The SMILES string of the molecule is O=C(Nc1cc(C(=O)O)cc2c1OCCO2)OCC1c2ccccc2-c2ccccc21. The molecule has 2 N–H and O–H groups in total. The average molecular weight is 417 g/mol. The molecule has 5 rings (SSSR count). The molecule has 2 aliphatic rings. The van der Waals surface area contributed by atoms with Gasteiger partial charge in [-0.1, -0.05) is 48.5 Å². The summed E-state index contributed by atoms with van der Waals surface area (Å²) < 4.78 is 16.6. The number of amides is 1. The van der Waals surface area contributed by atoms with E-state index in [2.05, 4.69) is 17.4 Å². The topological polar surface area (TPSA) is 94.1 Å². The van der Waals surface area contributed by atoms with Crippen LogP contribution in [0.4, 0.5) is 10.5 Å². The van der Waals surface area contributed by atoms with Crippen molar-refractivity contribution in [2.45, 2.75) is 5.92 Å². The maximum atomic E-state index is 12.6. The second kappa shape index (κ2) is 7.68. The number of ether oxygens (including phenoxy) is 3. The van der Waals surface area contributed by atoms with Crippen molar-refractivity contribution < 1.29 is 28.9 Å². The standard InChI is InChI=1S/C24H19NO6/c26-23(27)14-11-20(22-21(12-14)29-9-10-30-22)25-24(28)31-13-19-17-7-3-1-5-15(17)16-6-2-4-8-18(16)19/h1-8,11-12,19H,9-10,13H2,(H,25,28)(H,26,27). The zero-order valence-electron chi connectivity index (χ0n) is 16.5. The normalized spacial score (nSPS) is 13.8. The van der Waals surface area contributed by atoms with Crippen LogP contribution in [0, 0.1) is 0 Å². The van der Waals surface area contributed by atoms with Gasteiger partial charge in [0.1, 0.15) is 19.8 Å². The van der Waals surface area contributed by atoms with E-state index in [1.807, 2.05) is 36.4 Å². The first-order valence-electron chi connectivity index (χ1n) is 9.91. The highest BCUT2D eigenvalue weighted by Gasteiger charge is 2.29. The zero-order valence-corrected chi connectivity index (χ0v) is 16.5. The van der Waals surface area contributed by atoms with E-state index in [9.17, 15) is 14.7 Å². The Bertz CT molecular complexity index is 1140. The van der Waals surface area contributed by atoms with Crippen LogP contribution in [0.3, 0.4) is 0 Å². The fourth-order valence-corrected chi connectivity index (χ4v) is 4.11. The quantitative estimate of drug-likeness (QED) is 0.648. The van der Waals surface area contributed by atoms with Gasteiger partial charge >= 0.3 is 12.1 Å². The minimum absolute atomic E-state index is 0.0156. The molecular formula is C24H19NO6. The molecule has 0 radical (unpaired) electrons. The van der Waals surface area contributed by atoms with Crippen molar-refractivity contribution >= 4 is 17.7 Å². The molecule has 0 bridgehead atoms. The van der Waals surface area contributed by atoms with Crippen molar-refractivity contribution in [2.24, 2.45) is 0 Å². The van der Waals surface area contributed by atoms with Crippen LogP contribution in [-0.2, 0) is 4.74 Å². The summed E-state index contributed by atoms with van der Waals surface area (Å²) >= 11 is 0. The first-order chi connectivity index (χ1) is 15.1. The molecule has 0 spiro atoms. The summed E-state index contributed by atoms with van der Waals surface area (Å²) in [5.41, 5.74) is 4.68. The van der Waals surface area contributed by atoms with Crippen molar-refractivity contribution in [2.75, 3.05) is 25.1 Å². The van der Waals surface area contributed by atoms with Crippen LogP contribution in [-0.4, -0.2) is 37.0 Å². The molecule has 31 heavy (non-hydrogen) atoms. The maximum absolute atomic E-state index is 12.6. The number of hydrogen-bond donors (Lipinski definition) is 2. The Morgan fingerprint density at radius 2 is 1.61 bits per heavy atom. The number of carboxylic acid groups (broad SMARTS) is 1. The van der Waals surface area contributed by atoms with Gasteiger partial charge in [-0.3, -0.25) is 5.32 Å². The second-order valence-corrected chi connectivity index (χ2v) is 7.30. The number of anilines is 1. The van der Waals surface area contributed by atoms with E-state index >= 15 is 0 Å². The number of carboxylic acids is 1. The molecular weight excluding hydrogens is 398 g/mol. The summed E-state index contributed by atoms with van der Waals surface area (Å²) in [6.07, 6.45) is -0.694. The van der Waals surface area contributed by atoms with Gasteiger partial charge in [0.15, 0.2) is 11.5 Å². The van der Waals surface area contributed by atoms with Crippen LogP contribution in [0.25, 0.3) is 11.1 Å². The van der Waals surface area contributed by atoms with Gasteiger partial charge in [0, 0.05) is 5.92 Å². The Morgan fingerprint density at radius 3 is 2.29 bits per heavy atom. The molecule has 0 aromatic heterocycles. The number of aromatic carboxylic acids is 1. The van der Waals surface area contributed by atoms with Gasteiger partial charge in [0.05, 0.1) is 11.3 Å². The third-order valence-electron chi connectivity index (χ3n) is 5.47. The molecule has 1 aliphatic heterocycles. The largest absolute Gasteiger partial charge is 0.486 e. The van der Waals surface area contributed by atoms with Crippen molar-refractivity contribution in [3.8, 4) is 22.6 Å². The van der Waals surface area contributed by atoms with Crippen molar-refractivity contribution in [1.82, 2.24) is 0 Å². The Labute approximate surface area is 178 Å². The summed E-state index contributed by atoms with van der Waals surface area (Å²) in [7, 11) is 0. The monoisotopic (exact) mass is 417 g/mol. The number of hydrogen-bond acceptors (Lipinski definition) is 5. The summed E-state index contributed by atoms with van der Waals surface area (Å²) in [5.74, 6) is -0.630. The highest BCUT2D eigenvalue weighted by Crippen LogP contribution is 2.44. The van der Waals surface area contributed by atoms with Crippen molar-refractivity contribution in [1.29, 1.82) is 0 Å². The van der Waals surface area contributed by atoms with Gasteiger partial charge < -0.3 is 19.3 Å². The minimum Gasteiger partial charge on any atom is -0.486 e. The second-order valence-electron chi connectivity index (χ2n) is 7.30. The Morgan fingerprint density at radius 1 is 0.968 bits per heavy atom. The van der Waals surface area contributed by atoms with E-state index in [4.69, 9.17) is 14.2 Å². The number of benzene rings is 3.